The van der Waals surface area contributed by atoms with Gasteiger partial charge in [0, 0.05) is 25.2 Å². The molecule has 18 heavy (non-hydrogen) atoms. The third kappa shape index (κ3) is 2.28. The highest BCUT2D eigenvalue weighted by Crippen LogP contribution is 2.26. The minimum Gasteiger partial charge on any atom is -0.326 e. The molecule has 0 aliphatic carbocycles. The summed E-state index contributed by atoms with van der Waals surface area (Å²) in [7, 11) is -3.59. The van der Waals surface area contributed by atoms with Gasteiger partial charge in [0.15, 0.2) is 0 Å². The smallest absolute Gasteiger partial charge is 0.243 e. The first-order chi connectivity index (χ1) is 8.46. The summed E-state index contributed by atoms with van der Waals surface area (Å²) < 4.78 is 39.9. The van der Waals surface area contributed by atoms with E-state index in [2.05, 4.69) is 0 Å². The minimum absolute atomic E-state index is 0.0462. The van der Waals surface area contributed by atoms with Crippen molar-refractivity contribution >= 4 is 10.0 Å². The van der Waals surface area contributed by atoms with Crippen molar-refractivity contribution in [3.63, 3.8) is 0 Å². The molecule has 0 radical (unpaired) electrons. The maximum atomic E-state index is 13.7. The quantitative estimate of drug-likeness (QED) is 0.904. The van der Waals surface area contributed by atoms with Gasteiger partial charge in [-0.25, -0.2) is 12.8 Å². The fourth-order valence-electron chi connectivity index (χ4n) is 2.16. The molecule has 4 nitrogen and oxygen atoms in total. The van der Waals surface area contributed by atoms with Crippen molar-refractivity contribution in [1.29, 1.82) is 0 Å². The van der Waals surface area contributed by atoms with Crippen molar-refractivity contribution in [1.82, 2.24) is 4.31 Å². The molecule has 0 amide bonds. The molecule has 1 aromatic rings. The summed E-state index contributed by atoms with van der Waals surface area (Å²) in [6, 6.07) is 2.77. The average molecular weight is 272 g/mol. The molecule has 0 bridgehead atoms. The van der Waals surface area contributed by atoms with Gasteiger partial charge in [-0.05, 0) is 37.5 Å². The number of halogens is 1. The van der Waals surface area contributed by atoms with Gasteiger partial charge in [0.1, 0.15) is 5.82 Å². The van der Waals surface area contributed by atoms with Crippen molar-refractivity contribution in [3.05, 3.63) is 29.1 Å². The summed E-state index contributed by atoms with van der Waals surface area (Å²) in [5.41, 5.74) is 6.12. The number of sulfonamides is 1. The Hall–Kier alpha value is -0.980. The summed E-state index contributed by atoms with van der Waals surface area (Å²) in [6.07, 6.45) is 1.72. The van der Waals surface area contributed by atoms with E-state index < -0.39 is 15.8 Å². The Morgan fingerprint density at radius 1 is 1.33 bits per heavy atom. The molecule has 0 saturated carbocycles. The molecular formula is C12H17FN2O2S. The molecule has 100 valence electrons. The van der Waals surface area contributed by atoms with E-state index in [1.54, 1.807) is 0 Å². The Balaban J connectivity index is 2.52. The number of nitrogens with two attached hydrogens (primary N) is 1. The Labute approximate surface area is 107 Å². The predicted octanol–water partition coefficient (Wildman–Crippen LogP) is 1.38. The van der Waals surface area contributed by atoms with Crippen LogP contribution in [0.25, 0.3) is 0 Å². The molecule has 2 N–H and O–H groups in total. The van der Waals surface area contributed by atoms with Crippen molar-refractivity contribution in [2.24, 2.45) is 5.73 Å². The van der Waals surface area contributed by atoms with Crippen LogP contribution in [0, 0.1) is 12.7 Å². The SMILES string of the molecule is Cc1c(F)cc(CN)cc1S(=O)(=O)N1CCCC1. The minimum atomic E-state index is -3.59. The molecule has 0 atom stereocenters. The fraction of sp³-hybridized carbons (Fsp3) is 0.500. The molecular weight excluding hydrogens is 255 g/mol. The van der Waals surface area contributed by atoms with E-state index in [9.17, 15) is 12.8 Å². The zero-order valence-corrected chi connectivity index (χ0v) is 11.1. The Morgan fingerprint density at radius 2 is 1.94 bits per heavy atom. The van der Waals surface area contributed by atoms with Crippen LogP contribution in [-0.2, 0) is 16.6 Å². The predicted molar refractivity (Wildman–Crippen MR) is 67.0 cm³/mol. The molecule has 6 heteroatoms. The highest BCUT2D eigenvalue weighted by Gasteiger charge is 2.29. The molecule has 1 aromatic carbocycles. The van der Waals surface area contributed by atoms with Crippen LogP contribution in [0.5, 0.6) is 0 Å². The lowest BCUT2D eigenvalue weighted by molar-refractivity contribution is 0.475. The van der Waals surface area contributed by atoms with Crippen LogP contribution >= 0.6 is 0 Å². The van der Waals surface area contributed by atoms with E-state index in [1.807, 2.05) is 0 Å². The standard InChI is InChI=1S/C12H17FN2O2S/c1-9-11(13)6-10(8-14)7-12(9)18(16,17)15-4-2-3-5-15/h6-7H,2-5,8,14H2,1H3. The van der Waals surface area contributed by atoms with Crippen molar-refractivity contribution in [2.45, 2.75) is 31.2 Å². The van der Waals surface area contributed by atoms with E-state index in [1.165, 1.54) is 23.4 Å². The summed E-state index contributed by atoms with van der Waals surface area (Å²) in [6.45, 7) is 2.63. The Bertz CT molecular complexity index is 551. The molecule has 0 spiro atoms. The number of hydrogen-bond acceptors (Lipinski definition) is 3. The van der Waals surface area contributed by atoms with E-state index >= 15 is 0 Å². The monoisotopic (exact) mass is 272 g/mol. The zero-order chi connectivity index (χ0) is 13.3. The summed E-state index contributed by atoms with van der Waals surface area (Å²) in [5.74, 6) is -0.518. The van der Waals surface area contributed by atoms with Crippen molar-refractivity contribution in [2.75, 3.05) is 13.1 Å². The first kappa shape index (κ1) is 13.5. The highest BCUT2D eigenvalue weighted by molar-refractivity contribution is 7.89. The maximum Gasteiger partial charge on any atom is 0.243 e. The van der Waals surface area contributed by atoms with Crippen LogP contribution in [0.4, 0.5) is 4.39 Å². The van der Waals surface area contributed by atoms with Gasteiger partial charge in [0.2, 0.25) is 10.0 Å². The molecule has 0 unspecified atom stereocenters. The number of hydrogen-bond donors (Lipinski definition) is 1. The molecule has 1 fully saturated rings. The van der Waals surface area contributed by atoms with Crippen molar-refractivity contribution < 1.29 is 12.8 Å². The molecule has 1 heterocycles. The van der Waals surface area contributed by atoms with E-state index in [4.69, 9.17) is 5.73 Å². The largest absolute Gasteiger partial charge is 0.326 e. The fourth-order valence-corrected chi connectivity index (χ4v) is 3.96. The third-order valence-corrected chi connectivity index (χ3v) is 5.30. The highest BCUT2D eigenvalue weighted by atomic mass is 32.2. The molecule has 2 rings (SSSR count). The van der Waals surface area contributed by atoms with Crippen molar-refractivity contribution in [3.8, 4) is 0 Å². The second-order valence-electron chi connectivity index (χ2n) is 4.52. The van der Waals surface area contributed by atoms with Gasteiger partial charge in [-0.1, -0.05) is 0 Å². The first-order valence-electron chi connectivity index (χ1n) is 5.96. The zero-order valence-electron chi connectivity index (χ0n) is 10.3. The number of rotatable bonds is 3. The summed E-state index contributed by atoms with van der Waals surface area (Å²) in [4.78, 5) is 0.0462. The van der Waals surface area contributed by atoms with Crippen LogP contribution in [-0.4, -0.2) is 25.8 Å². The van der Waals surface area contributed by atoms with Gasteiger partial charge in [0.05, 0.1) is 4.90 Å². The van der Waals surface area contributed by atoms with Crippen LogP contribution < -0.4 is 5.73 Å². The van der Waals surface area contributed by atoms with Crippen LogP contribution in [0.15, 0.2) is 17.0 Å². The lowest BCUT2D eigenvalue weighted by Crippen LogP contribution is -2.28. The van der Waals surface area contributed by atoms with E-state index in [0.29, 0.717) is 18.7 Å². The molecule has 1 aliphatic rings. The van der Waals surface area contributed by atoms with Crippen LogP contribution in [0.3, 0.4) is 0 Å². The summed E-state index contributed by atoms with van der Waals surface area (Å²) in [5, 5.41) is 0. The van der Waals surface area contributed by atoms with Gasteiger partial charge in [-0.2, -0.15) is 4.31 Å². The second-order valence-corrected chi connectivity index (χ2v) is 6.42. The number of nitrogens with zero attached hydrogens (tertiary/aromatic N) is 1. The van der Waals surface area contributed by atoms with Crippen LogP contribution in [0.1, 0.15) is 24.0 Å². The molecule has 0 aromatic heterocycles. The lowest BCUT2D eigenvalue weighted by atomic mass is 10.1. The second kappa shape index (κ2) is 4.95. The molecule has 1 saturated heterocycles. The van der Waals surface area contributed by atoms with Gasteiger partial charge in [-0.15, -0.1) is 0 Å². The lowest BCUT2D eigenvalue weighted by Gasteiger charge is -2.18. The summed E-state index contributed by atoms with van der Waals surface area (Å²) >= 11 is 0. The topological polar surface area (TPSA) is 63.4 Å². The maximum absolute atomic E-state index is 13.7. The molecule has 1 aliphatic heterocycles. The van der Waals surface area contributed by atoms with Gasteiger partial charge in [-0.3, -0.25) is 0 Å². The van der Waals surface area contributed by atoms with Gasteiger partial charge < -0.3 is 5.73 Å². The van der Waals surface area contributed by atoms with Gasteiger partial charge >= 0.3 is 0 Å². The number of benzene rings is 1. The Kier molecular flexibility index (Phi) is 3.70. The third-order valence-electron chi connectivity index (χ3n) is 3.28. The Morgan fingerprint density at radius 3 is 2.50 bits per heavy atom. The van der Waals surface area contributed by atoms with Crippen LogP contribution in [0.2, 0.25) is 0 Å². The van der Waals surface area contributed by atoms with E-state index in [-0.39, 0.29) is 17.0 Å². The first-order valence-corrected chi connectivity index (χ1v) is 7.40. The normalized spacial score (nSPS) is 17.3. The van der Waals surface area contributed by atoms with E-state index in [0.717, 1.165) is 12.8 Å². The average Bonchev–Trinajstić information content (AvgIpc) is 2.86. The van der Waals surface area contributed by atoms with Gasteiger partial charge in [0.25, 0.3) is 0 Å².